The predicted octanol–water partition coefficient (Wildman–Crippen LogP) is 3.01. The quantitative estimate of drug-likeness (QED) is 0.733. The Morgan fingerprint density at radius 3 is 2.41 bits per heavy atom. The van der Waals surface area contributed by atoms with Crippen molar-refractivity contribution in [2.24, 2.45) is 0 Å². The molecule has 0 spiro atoms. The molecule has 0 heterocycles. The van der Waals surface area contributed by atoms with Gasteiger partial charge in [-0.1, -0.05) is 24.3 Å². The number of sulfone groups is 1. The molecule has 8 heteroatoms. The number of rotatable bonds is 7. The lowest BCUT2D eigenvalue weighted by atomic mass is 10.1. The maximum Gasteiger partial charge on any atom is 0.317 e. The molecule has 2 rings (SSSR count). The summed E-state index contributed by atoms with van der Waals surface area (Å²) >= 11 is 0. The third-order valence-electron chi connectivity index (χ3n) is 4.16. The summed E-state index contributed by atoms with van der Waals surface area (Å²) in [6.45, 7) is 2.19. The van der Waals surface area contributed by atoms with E-state index in [1.54, 1.807) is 31.3 Å². The minimum atomic E-state index is -3.26. The lowest BCUT2D eigenvalue weighted by Crippen LogP contribution is -2.40. The summed E-state index contributed by atoms with van der Waals surface area (Å²) in [5, 5.41) is 2.70. The standard InChI is InChI=1S/C19H23FN2O4S/c1-14(15-8-10-16(11-9-15)27(3,24)25)22(2)19(23)21-12-13-26-18-7-5-4-6-17(18)20/h4-11,14H,12-13H2,1-3H3,(H,21,23)/t14-/m1/s1. The van der Waals surface area contributed by atoms with Gasteiger partial charge < -0.3 is 15.0 Å². The van der Waals surface area contributed by atoms with Crippen LogP contribution in [0.3, 0.4) is 0 Å². The molecule has 2 amide bonds. The zero-order valence-electron chi connectivity index (χ0n) is 15.5. The number of benzene rings is 2. The van der Waals surface area contributed by atoms with Crippen LogP contribution in [-0.4, -0.2) is 45.8 Å². The Labute approximate surface area is 158 Å². The van der Waals surface area contributed by atoms with Gasteiger partial charge >= 0.3 is 6.03 Å². The topological polar surface area (TPSA) is 75.7 Å². The van der Waals surface area contributed by atoms with Crippen LogP contribution in [0.5, 0.6) is 5.75 Å². The fraction of sp³-hybridized carbons (Fsp3) is 0.316. The number of hydrogen-bond acceptors (Lipinski definition) is 4. The highest BCUT2D eigenvalue weighted by atomic mass is 32.2. The average molecular weight is 394 g/mol. The zero-order valence-corrected chi connectivity index (χ0v) is 16.3. The first kappa shape index (κ1) is 20.7. The van der Waals surface area contributed by atoms with Crippen molar-refractivity contribution in [3.05, 3.63) is 59.9 Å². The number of urea groups is 1. The second-order valence-electron chi connectivity index (χ2n) is 6.14. The van der Waals surface area contributed by atoms with E-state index in [0.29, 0.717) is 0 Å². The molecular formula is C19H23FN2O4S. The number of carbonyl (C=O) groups excluding carboxylic acids is 1. The van der Waals surface area contributed by atoms with E-state index in [1.165, 1.54) is 29.2 Å². The summed E-state index contributed by atoms with van der Waals surface area (Å²) in [6, 6.07) is 11.9. The van der Waals surface area contributed by atoms with Crippen LogP contribution < -0.4 is 10.1 Å². The molecule has 0 radical (unpaired) electrons. The van der Waals surface area contributed by atoms with Gasteiger partial charge in [0.1, 0.15) is 6.61 Å². The van der Waals surface area contributed by atoms with E-state index in [2.05, 4.69) is 5.32 Å². The number of nitrogens with zero attached hydrogens (tertiary/aromatic N) is 1. The molecule has 0 aliphatic rings. The Morgan fingerprint density at radius 1 is 1.19 bits per heavy atom. The SMILES string of the molecule is C[C@H](c1ccc(S(C)(=O)=O)cc1)N(C)C(=O)NCCOc1ccccc1F. The van der Waals surface area contributed by atoms with Gasteiger partial charge in [0.05, 0.1) is 17.5 Å². The molecule has 0 aromatic heterocycles. The van der Waals surface area contributed by atoms with Crippen molar-refractivity contribution in [2.75, 3.05) is 26.5 Å². The van der Waals surface area contributed by atoms with E-state index < -0.39 is 15.7 Å². The minimum absolute atomic E-state index is 0.137. The van der Waals surface area contributed by atoms with Crippen LogP contribution in [0, 0.1) is 5.82 Å². The van der Waals surface area contributed by atoms with Crippen LogP contribution in [-0.2, 0) is 9.84 Å². The maximum atomic E-state index is 13.4. The smallest absolute Gasteiger partial charge is 0.317 e. The van der Waals surface area contributed by atoms with E-state index >= 15 is 0 Å². The molecular weight excluding hydrogens is 371 g/mol. The average Bonchev–Trinajstić information content (AvgIpc) is 2.64. The van der Waals surface area contributed by atoms with Crippen LogP contribution in [0.1, 0.15) is 18.5 Å². The number of para-hydroxylation sites is 1. The highest BCUT2D eigenvalue weighted by Crippen LogP contribution is 2.21. The minimum Gasteiger partial charge on any atom is -0.489 e. The molecule has 27 heavy (non-hydrogen) atoms. The summed E-state index contributed by atoms with van der Waals surface area (Å²) in [5.74, 6) is -0.313. The van der Waals surface area contributed by atoms with E-state index in [-0.39, 0.29) is 35.9 Å². The molecule has 0 aliphatic carbocycles. The fourth-order valence-electron chi connectivity index (χ4n) is 2.40. The first-order valence-corrected chi connectivity index (χ1v) is 10.3. The third kappa shape index (κ3) is 5.68. The van der Waals surface area contributed by atoms with Crippen molar-refractivity contribution in [3.8, 4) is 5.75 Å². The Morgan fingerprint density at radius 2 is 1.81 bits per heavy atom. The van der Waals surface area contributed by atoms with E-state index in [0.717, 1.165) is 11.8 Å². The Hall–Kier alpha value is -2.61. The number of hydrogen-bond donors (Lipinski definition) is 1. The molecule has 0 unspecified atom stereocenters. The van der Waals surface area contributed by atoms with Crippen molar-refractivity contribution in [1.29, 1.82) is 0 Å². The zero-order chi connectivity index (χ0) is 20.0. The summed E-state index contributed by atoms with van der Waals surface area (Å²) in [7, 11) is -1.62. The van der Waals surface area contributed by atoms with E-state index in [1.807, 2.05) is 6.92 Å². The van der Waals surface area contributed by atoms with Crippen molar-refractivity contribution >= 4 is 15.9 Å². The van der Waals surface area contributed by atoms with Crippen LogP contribution in [0.15, 0.2) is 53.4 Å². The highest BCUT2D eigenvalue weighted by molar-refractivity contribution is 7.90. The van der Waals surface area contributed by atoms with Gasteiger partial charge in [0, 0.05) is 13.3 Å². The molecule has 0 fully saturated rings. The molecule has 146 valence electrons. The van der Waals surface area contributed by atoms with Crippen molar-refractivity contribution in [2.45, 2.75) is 17.9 Å². The van der Waals surface area contributed by atoms with Gasteiger partial charge in [0.2, 0.25) is 0 Å². The lowest BCUT2D eigenvalue weighted by molar-refractivity contribution is 0.191. The van der Waals surface area contributed by atoms with Gasteiger partial charge in [-0.05, 0) is 36.8 Å². The monoisotopic (exact) mass is 394 g/mol. The van der Waals surface area contributed by atoms with Crippen LogP contribution in [0.4, 0.5) is 9.18 Å². The molecule has 0 saturated carbocycles. The Bertz CT molecular complexity index is 885. The third-order valence-corrected chi connectivity index (χ3v) is 5.29. The van der Waals surface area contributed by atoms with Gasteiger partial charge in [-0.25, -0.2) is 17.6 Å². The maximum absolute atomic E-state index is 13.4. The summed E-state index contributed by atoms with van der Waals surface area (Å²) in [5.41, 5.74) is 0.808. The normalized spacial score (nSPS) is 12.3. The van der Waals surface area contributed by atoms with Crippen LogP contribution in [0.25, 0.3) is 0 Å². The first-order valence-electron chi connectivity index (χ1n) is 8.38. The van der Waals surface area contributed by atoms with Crippen molar-refractivity contribution < 1.29 is 22.3 Å². The van der Waals surface area contributed by atoms with E-state index in [9.17, 15) is 17.6 Å². The first-order chi connectivity index (χ1) is 12.7. The second-order valence-corrected chi connectivity index (χ2v) is 8.15. The van der Waals surface area contributed by atoms with Crippen molar-refractivity contribution in [1.82, 2.24) is 10.2 Å². The molecule has 0 aliphatic heterocycles. The fourth-order valence-corrected chi connectivity index (χ4v) is 3.03. The van der Waals surface area contributed by atoms with Crippen LogP contribution >= 0.6 is 0 Å². The van der Waals surface area contributed by atoms with Gasteiger partial charge in [-0.15, -0.1) is 0 Å². The number of nitrogens with one attached hydrogen (secondary N) is 1. The molecule has 2 aromatic rings. The summed E-state index contributed by atoms with van der Waals surface area (Å²) in [4.78, 5) is 14.0. The molecule has 1 N–H and O–H groups in total. The predicted molar refractivity (Wildman–Crippen MR) is 101 cm³/mol. The van der Waals surface area contributed by atoms with Gasteiger partial charge in [-0.3, -0.25) is 0 Å². The Balaban J connectivity index is 1.86. The van der Waals surface area contributed by atoms with Gasteiger partial charge in [0.15, 0.2) is 21.4 Å². The van der Waals surface area contributed by atoms with Gasteiger partial charge in [-0.2, -0.15) is 0 Å². The highest BCUT2D eigenvalue weighted by Gasteiger charge is 2.18. The molecule has 6 nitrogen and oxygen atoms in total. The molecule has 0 bridgehead atoms. The number of halogens is 1. The van der Waals surface area contributed by atoms with E-state index in [4.69, 9.17) is 4.74 Å². The molecule has 1 atom stereocenters. The molecule has 2 aromatic carbocycles. The molecule has 0 saturated heterocycles. The van der Waals surface area contributed by atoms with Crippen molar-refractivity contribution in [3.63, 3.8) is 0 Å². The summed E-state index contributed by atoms with van der Waals surface area (Å²) in [6.07, 6.45) is 1.15. The van der Waals surface area contributed by atoms with Crippen LogP contribution in [0.2, 0.25) is 0 Å². The number of carbonyl (C=O) groups is 1. The number of amides is 2. The Kier molecular flexibility index (Phi) is 6.79. The van der Waals surface area contributed by atoms with Gasteiger partial charge in [0.25, 0.3) is 0 Å². The second kappa shape index (κ2) is 8.85. The summed E-state index contributed by atoms with van der Waals surface area (Å²) < 4.78 is 41.8. The largest absolute Gasteiger partial charge is 0.489 e. The number of ether oxygens (including phenoxy) is 1. The lowest BCUT2D eigenvalue weighted by Gasteiger charge is -2.25.